The van der Waals surface area contributed by atoms with Gasteiger partial charge in [-0.3, -0.25) is 4.79 Å². The first-order valence-electron chi connectivity index (χ1n) is 8.83. The van der Waals surface area contributed by atoms with E-state index in [1.807, 2.05) is 43.3 Å². The fourth-order valence-corrected chi connectivity index (χ4v) is 2.93. The van der Waals surface area contributed by atoms with E-state index in [1.54, 1.807) is 19.9 Å². The van der Waals surface area contributed by atoms with E-state index in [4.69, 9.17) is 14.2 Å². The van der Waals surface area contributed by atoms with Crippen LogP contribution in [0.5, 0.6) is 17.2 Å². The van der Waals surface area contributed by atoms with Crippen LogP contribution in [-0.4, -0.2) is 46.0 Å². The molecule has 0 atom stereocenters. The Kier molecular flexibility index (Phi) is 7.06. The van der Waals surface area contributed by atoms with E-state index in [-0.39, 0.29) is 29.6 Å². The molecule has 0 saturated heterocycles. The minimum atomic E-state index is -0.351. The number of nitrogens with zero attached hydrogens (tertiary/aromatic N) is 1. The van der Waals surface area contributed by atoms with Crippen LogP contribution in [0.2, 0.25) is 0 Å². The monoisotopic (exact) mass is 385 g/mol. The van der Waals surface area contributed by atoms with E-state index < -0.39 is 0 Å². The Morgan fingerprint density at radius 1 is 1.07 bits per heavy atom. The van der Waals surface area contributed by atoms with Crippen LogP contribution in [0.4, 0.5) is 5.69 Å². The molecule has 6 heteroatoms. The Balaban J connectivity index is 2.39. The number of hydrogen-bond donors (Lipinski definition) is 1. The molecular weight excluding hydrogens is 358 g/mol. The van der Waals surface area contributed by atoms with Crippen molar-refractivity contribution in [1.29, 1.82) is 0 Å². The minimum absolute atomic E-state index is 0.0282. The predicted octanol–water partition coefficient (Wildman–Crippen LogP) is 3.96. The summed E-state index contributed by atoms with van der Waals surface area (Å²) in [4.78, 5) is 14.8. The second kappa shape index (κ2) is 9.28. The smallest absolute Gasteiger partial charge is 0.193 e. The van der Waals surface area contributed by atoms with Crippen molar-refractivity contribution in [1.82, 2.24) is 0 Å². The summed E-state index contributed by atoms with van der Waals surface area (Å²) >= 11 is 0. The summed E-state index contributed by atoms with van der Waals surface area (Å²) in [7, 11) is 6.90. The average Bonchev–Trinajstić information content (AvgIpc) is 2.69. The van der Waals surface area contributed by atoms with Gasteiger partial charge in [-0.05, 0) is 37.6 Å². The summed E-state index contributed by atoms with van der Waals surface area (Å²) < 4.78 is 15.9. The number of hydrogen-bond acceptors (Lipinski definition) is 6. The molecule has 2 aromatic rings. The first kappa shape index (κ1) is 21.3. The Morgan fingerprint density at radius 2 is 1.71 bits per heavy atom. The van der Waals surface area contributed by atoms with Crippen molar-refractivity contribution in [3.8, 4) is 17.2 Å². The van der Waals surface area contributed by atoms with Crippen LogP contribution in [0.25, 0.3) is 6.08 Å². The molecule has 0 aliphatic carbocycles. The highest BCUT2D eigenvalue weighted by atomic mass is 16.7. The summed E-state index contributed by atoms with van der Waals surface area (Å²) in [6.07, 6.45) is 3.14. The molecule has 0 aliphatic rings. The van der Waals surface area contributed by atoms with E-state index in [9.17, 15) is 9.90 Å². The Bertz CT molecular complexity index is 870. The molecule has 0 radical (unpaired) electrons. The van der Waals surface area contributed by atoms with Crippen molar-refractivity contribution in [2.45, 2.75) is 13.8 Å². The lowest BCUT2D eigenvalue weighted by atomic mass is 9.98. The molecule has 0 fully saturated rings. The maximum atomic E-state index is 12.8. The molecule has 2 aromatic carbocycles. The van der Waals surface area contributed by atoms with Gasteiger partial charge in [0.05, 0.1) is 7.11 Å². The number of carbonyl (C=O) groups is 1. The van der Waals surface area contributed by atoms with Crippen molar-refractivity contribution >= 4 is 17.5 Å². The first-order chi connectivity index (χ1) is 13.3. The van der Waals surface area contributed by atoms with Crippen LogP contribution >= 0.6 is 0 Å². The Hall–Kier alpha value is -2.99. The topological polar surface area (TPSA) is 68.2 Å². The first-order valence-corrected chi connectivity index (χ1v) is 8.83. The van der Waals surface area contributed by atoms with Gasteiger partial charge in [0.1, 0.15) is 22.8 Å². The van der Waals surface area contributed by atoms with Crippen LogP contribution in [-0.2, 0) is 4.74 Å². The summed E-state index contributed by atoms with van der Waals surface area (Å²) in [5.74, 6) is 0.212. The second-order valence-corrected chi connectivity index (χ2v) is 6.57. The summed E-state index contributed by atoms with van der Waals surface area (Å²) in [6, 6.07) is 7.79. The highest BCUT2D eigenvalue weighted by Crippen LogP contribution is 2.42. The lowest BCUT2D eigenvalue weighted by Gasteiger charge is -2.19. The lowest BCUT2D eigenvalue weighted by Crippen LogP contribution is -2.08. The van der Waals surface area contributed by atoms with Gasteiger partial charge in [-0.25, -0.2) is 0 Å². The molecule has 28 heavy (non-hydrogen) atoms. The molecule has 150 valence electrons. The quantitative estimate of drug-likeness (QED) is 0.421. The van der Waals surface area contributed by atoms with Crippen molar-refractivity contribution in [3.05, 3.63) is 52.6 Å². The molecule has 0 spiro atoms. The van der Waals surface area contributed by atoms with Gasteiger partial charge in [-0.15, -0.1) is 0 Å². The average molecular weight is 385 g/mol. The highest BCUT2D eigenvalue weighted by molar-refractivity contribution is 6.11. The van der Waals surface area contributed by atoms with Crippen LogP contribution < -0.4 is 14.4 Å². The number of carbonyl (C=O) groups excluding carboxylic acids is 1. The summed E-state index contributed by atoms with van der Waals surface area (Å²) in [5.41, 5.74) is 3.15. The van der Waals surface area contributed by atoms with E-state index in [1.165, 1.54) is 20.3 Å². The van der Waals surface area contributed by atoms with Crippen LogP contribution in [0.3, 0.4) is 0 Å². The van der Waals surface area contributed by atoms with Crippen LogP contribution in [0.1, 0.15) is 27.0 Å². The zero-order valence-corrected chi connectivity index (χ0v) is 17.2. The zero-order chi connectivity index (χ0) is 20.8. The van der Waals surface area contributed by atoms with Crippen molar-refractivity contribution in [3.63, 3.8) is 0 Å². The van der Waals surface area contributed by atoms with Gasteiger partial charge in [0, 0.05) is 38.0 Å². The highest BCUT2D eigenvalue weighted by Gasteiger charge is 2.24. The van der Waals surface area contributed by atoms with Gasteiger partial charge in [0.2, 0.25) is 0 Å². The summed E-state index contributed by atoms with van der Waals surface area (Å²) in [5, 5.41) is 10.6. The predicted molar refractivity (Wildman–Crippen MR) is 111 cm³/mol. The van der Waals surface area contributed by atoms with Gasteiger partial charge in [-0.1, -0.05) is 18.2 Å². The second-order valence-electron chi connectivity index (χ2n) is 6.57. The molecule has 0 saturated carbocycles. The molecule has 0 unspecified atom stereocenters. The summed E-state index contributed by atoms with van der Waals surface area (Å²) in [6.45, 7) is 3.49. The fourth-order valence-electron chi connectivity index (χ4n) is 2.93. The number of methoxy groups -OCH3 is 2. The zero-order valence-electron chi connectivity index (χ0n) is 17.2. The largest absolute Gasteiger partial charge is 0.507 e. The van der Waals surface area contributed by atoms with E-state index in [2.05, 4.69) is 0 Å². The van der Waals surface area contributed by atoms with E-state index in [0.29, 0.717) is 16.9 Å². The van der Waals surface area contributed by atoms with Crippen LogP contribution in [0, 0.1) is 13.8 Å². The maximum absolute atomic E-state index is 12.8. The number of ether oxygens (including phenoxy) is 3. The molecule has 6 nitrogen and oxygen atoms in total. The van der Waals surface area contributed by atoms with E-state index >= 15 is 0 Å². The third-order valence-electron chi connectivity index (χ3n) is 4.45. The molecule has 0 heterocycles. The van der Waals surface area contributed by atoms with Gasteiger partial charge in [0.25, 0.3) is 0 Å². The van der Waals surface area contributed by atoms with Crippen molar-refractivity contribution < 1.29 is 24.1 Å². The molecule has 0 bridgehead atoms. The Labute approximate surface area is 166 Å². The SMILES string of the molecule is COCOc1c(C)c(O)c(C(=O)/C=C/c2ccc(N(C)C)cc2)c(OC)c1C. The van der Waals surface area contributed by atoms with Crippen molar-refractivity contribution in [2.24, 2.45) is 0 Å². The van der Waals surface area contributed by atoms with Gasteiger partial charge in [-0.2, -0.15) is 0 Å². The number of ketones is 1. The number of phenols is 1. The molecular formula is C22H27NO5. The standard InChI is InChI=1S/C22H27NO5/c1-14-20(25)19(22(27-6)15(2)21(14)28-13-26-5)18(24)12-9-16-7-10-17(11-8-16)23(3)4/h7-12,25H,13H2,1-6H3/b12-9+. The third kappa shape index (κ3) is 4.46. The number of rotatable bonds is 8. The number of allylic oxidation sites excluding steroid dienone is 1. The number of anilines is 1. The molecule has 0 aliphatic heterocycles. The third-order valence-corrected chi connectivity index (χ3v) is 4.45. The molecule has 2 rings (SSSR count). The van der Waals surface area contributed by atoms with Crippen molar-refractivity contribution in [2.75, 3.05) is 40.0 Å². The van der Waals surface area contributed by atoms with Gasteiger partial charge >= 0.3 is 0 Å². The minimum Gasteiger partial charge on any atom is -0.507 e. The normalized spacial score (nSPS) is 10.9. The van der Waals surface area contributed by atoms with Crippen LogP contribution in [0.15, 0.2) is 30.3 Å². The Morgan fingerprint density at radius 3 is 2.25 bits per heavy atom. The molecule has 0 aromatic heterocycles. The maximum Gasteiger partial charge on any atom is 0.193 e. The number of phenolic OH excluding ortho intramolecular Hbond substituents is 1. The van der Waals surface area contributed by atoms with Gasteiger partial charge < -0.3 is 24.2 Å². The number of benzene rings is 2. The molecule has 0 amide bonds. The lowest BCUT2D eigenvalue weighted by molar-refractivity contribution is 0.0497. The molecule has 1 N–H and O–H groups in total. The van der Waals surface area contributed by atoms with E-state index in [0.717, 1.165) is 11.3 Å². The number of aromatic hydroxyl groups is 1. The fraction of sp³-hybridized carbons (Fsp3) is 0.318. The van der Waals surface area contributed by atoms with Gasteiger partial charge in [0.15, 0.2) is 12.6 Å².